The standard InChI is InChI=1S/C13H19N3O/c1-8(14)5-10-6-11-3-4-16(9(2)17)13(11)12(15)7-10/h6-8H,3-5,14-15H2,1-2H3. The molecule has 0 radical (unpaired) electrons. The van der Waals surface area contributed by atoms with E-state index in [0.29, 0.717) is 5.69 Å². The molecule has 0 fully saturated rings. The number of hydrogen-bond acceptors (Lipinski definition) is 3. The van der Waals surface area contributed by atoms with Gasteiger partial charge in [0.25, 0.3) is 0 Å². The Morgan fingerprint density at radius 3 is 2.82 bits per heavy atom. The number of amides is 1. The van der Waals surface area contributed by atoms with Crippen LogP contribution >= 0.6 is 0 Å². The van der Waals surface area contributed by atoms with Crippen molar-refractivity contribution >= 4 is 17.3 Å². The highest BCUT2D eigenvalue weighted by Crippen LogP contribution is 2.35. The number of fused-ring (bicyclic) bond motifs is 1. The third-order valence-electron chi connectivity index (χ3n) is 3.09. The molecule has 1 aliphatic rings. The maximum absolute atomic E-state index is 11.5. The largest absolute Gasteiger partial charge is 0.397 e. The van der Waals surface area contributed by atoms with Crippen LogP contribution in [0.4, 0.5) is 11.4 Å². The first kappa shape index (κ1) is 11.9. The zero-order valence-corrected chi connectivity index (χ0v) is 10.4. The summed E-state index contributed by atoms with van der Waals surface area (Å²) in [7, 11) is 0. The van der Waals surface area contributed by atoms with Crippen LogP contribution in [0.15, 0.2) is 12.1 Å². The number of nitrogens with two attached hydrogens (primary N) is 2. The number of hydrogen-bond donors (Lipinski definition) is 2. The zero-order valence-electron chi connectivity index (χ0n) is 10.4. The monoisotopic (exact) mass is 233 g/mol. The second-order valence-electron chi connectivity index (χ2n) is 4.79. The lowest BCUT2D eigenvalue weighted by atomic mass is 10.0. The Kier molecular flexibility index (Phi) is 3.07. The predicted molar refractivity (Wildman–Crippen MR) is 69.9 cm³/mol. The molecule has 1 amide bonds. The maximum Gasteiger partial charge on any atom is 0.223 e. The molecule has 0 saturated carbocycles. The van der Waals surface area contributed by atoms with Crippen molar-refractivity contribution in [2.45, 2.75) is 32.7 Å². The Labute approximate surface area is 102 Å². The van der Waals surface area contributed by atoms with E-state index in [0.717, 1.165) is 36.2 Å². The van der Waals surface area contributed by atoms with Gasteiger partial charge in [0, 0.05) is 19.5 Å². The van der Waals surface area contributed by atoms with Gasteiger partial charge in [-0.05, 0) is 37.0 Å². The summed E-state index contributed by atoms with van der Waals surface area (Å²) >= 11 is 0. The van der Waals surface area contributed by atoms with Gasteiger partial charge in [-0.1, -0.05) is 6.07 Å². The number of carbonyl (C=O) groups is 1. The van der Waals surface area contributed by atoms with Crippen molar-refractivity contribution in [2.24, 2.45) is 5.73 Å². The summed E-state index contributed by atoms with van der Waals surface area (Å²) in [5.41, 5.74) is 15.7. The Balaban J connectivity index is 2.38. The lowest BCUT2D eigenvalue weighted by molar-refractivity contribution is -0.116. The van der Waals surface area contributed by atoms with E-state index in [2.05, 4.69) is 6.07 Å². The van der Waals surface area contributed by atoms with Gasteiger partial charge >= 0.3 is 0 Å². The van der Waals surface area contributed by atoms with E-state index in [1.54, 1.807) is 11.8 Å². The van der Waals surface area contributed by atoms with E-state index in [4.69, 9.17) is 11.5 Å². The van der Waals surface area contributed by atoms with Crippen LogP contribution in [0.3, 0.4) is 0 Å². The fraction of sp³-hybridized carbons (Fsp3) is 0.462. The molecule has 2 rings (SSSR count). The van der Waals surface area contributed by atoms with E-state index in [1.807, 2.05) is 13.0 Å². The van der Waals surface area contributed by atoms with Gasteiger partial charge in [-0.15, -0.1) is 0 Å². The molecular formula is C13H19N3O. The molecule has 1 heterocycles. The van der Waals surface area contributed by atoms with Gasteiger partial charge in [0.15, 0.2) is 0 Å². The molecule has 0 aliphatic carbocycles. The average molecular weight is 233 g/mol. The third-order valence-corrected chi connectivity index (χ3v) is 3.09. The molecule has 1 aliphatic heterocycles. The lowest BCUT2D eigenvalue weighted by Gasteiger charge is -2.18. The summed E-state index contributed by atoms with van der Waals surface area (Å²) in [5, 5.41) is 0. The zero-order chi connectivity index (χ0) is 12.6. The molecule has 0 aromatic heterocycles. The highest BCUT2D eigenvalue weighted by molar-refractivity contribution is 5.97. The van der Waals surface area contributed by atoms with E-state index < -0.39 is 0 Å². The summed E-state index contributed by atoms with van der Waals surface area (Å²) in [6, 6.07) is 4.18. The minimum atomic E-state index is 0.0513. The van der Waals surface area contributed by atoms with Gasteiger partial charge in [0.2, 0.25) is 5.91 Å². The second kappa shape index (κ2) is 4.37. The van der Waals surface area contributed by atoms with Gasteiger partial charge < -0.3 is 16.4 Å². The number of nitrogens with zero attached hydrogens (tertiary/aromatic N) is 1. The van der Waals surface area contributed by atoms with Crippen LogP contribution in [0.25, 0.3) is 0 Å². The normalized spacial score (nSPS) is 15.8. The van der Waals surface area contributed by atoms with Crippen LogP contribution in [-0.2, 0) is 17.6 Å². The van der Waals surface area contributed by atoms with E-state index in [9.17, 15) is 4.79 Å². The molecule has 4 nitrogen and oxygen atoms in total. The van der Waals surface area contributed by atoms with Crippen LogP contribution < -0.4 is 16.4 Å². The summed E-state index contributed by atoms with van der Waals surface area (Å²) in [5.74, 6) is 0.0513. The molecular weight excluding hydrogens is 214 g/mol. The van der Waals surface area contributed by atoms with Crippen LogP contribution in [0.5, 0.6) is 0 Å². The van der Waals surface area contributed by atoms with Gasteiger partial charge in [-0.25, -0.2) is 0 Å². The molecule has 1 atom stereocenters. The minimum absolute atomic E-state index is 0.0513. The van der Waals surface area contributed by atoms with Crippen molar-refractivity contribution < 1.29 is 4.79 Å². The van der Waals surface area contributed by atoms with Gasteiger partial charge in [-0.3, -0.25) is 4.79 Å². The number of carbonyl (C=O) groups excluding carboxylic acids is 1. The van der Waals surface area contributed by atoms with E-state index in [-0.39, 0.29) is 11.9 Å². The lowest BCUT2D eigenvalue weighted by Crippen LogP contribution is -2.26. The Bertz CT molecular complexity index is 454. The maximum atomic E-state index is 11.5. The van der Waals surface area contributed by atoms with Crippen molar-refractivity contribution in [2.75, 3.05) is 17.2 Å². The van der Waals surface area contributed by atoms with Crippen molar-refractivity contribution in [3.8, 4) is 0 Å². The Hall–Kier alpha value is -1.55. The van der Waals surface area contributed by atoms with Crippen LogP contribution in [0.1, 0.15) is 25.0 Å². The molecule has 0 spiro atoms. The molecule has 17 heavy (non-hydrogen) atoms. The fourth-order valence-corrected chi connectivity index (χ4v) is 2.46. The molecule has 4 N–H and O–H groups in total. The predicted octanol–water partition coefficient (Wildman–Crippen LogP) is 1.07. The topological polar surface area (TPSA) is 72.3 Å². The van der Waals surface area contributed by atoms with Gasteiger partial charge in [-0.2, -0.15) is 0 Å². The Morgan fingerprint density at radius 2 is 2.24 bits per heavy atom. The molecule has 0 bridgehead atoms. The molecule has 92 valence electrons. The summed E-state index contributed by atoms with van der Waals surface area (Å²) in [6.45, 7) is 4.28. The average Bonchev–Trinajstić information content (AvgIpc) is 2.60. The van der Waals surface area contributed by atoms with Crippen LogP contribution in [-0.4, -0.2) is 18.5 Å². The van der Waals surface area contributed by atoms with Crippen molar-refractivity contribution in [1.29, 1.82) is 0 Å². The summed E-state index contributed by atoms with van der Waals surface area (Å²) in [6.07, 6.45) is 1.70. The van der Waals surface area contributed by atoms with E-state index >= 15 is 0 Å². The highest BCUT2D eigenvalue weighted by Gasteiger charge is 2.25. The van der Waals surface area contributed by atoms with Crippen molar-refractivity contribution in [1.82, 2.24) is 0 Å². The number of anilines is 2. The van der Waals surface area contributed by atoms with Gasteiger partial charge in [0.1, 0.15) is 0 Å². The Morgan fingerprint density at radius 1 is 1.53 bits per heavy atom. The van der Waals surface area contributed by atoms with Gasteiger partial charge in [0.05, 0.1) is 11.4 Å². The smallest absolute Gasteiger partial charge is 0.223 e. The third kappa shape index (κ3) is 2.26. The van der Waals surface area contributed by atoms with Crippen molar-refractivity contribution in [3.05, 3.63) is 23.3 Å². The molecule has 4 heteroatoms. The van der Waals surface area contributed by atoms with Crippen LogP contribution in [0, 0.1) is 0 Å². The number of benzene rings is 1. The molecule has 1 unspecified atom stereocenters. The SMILES string of the molecule is CC(=O)N1CCc2cc(CC(C)N)cc(N)c21. The second-order valence-corrected chi connectivity index (χ2v) is 4.79. The first-order valence-electron chi connectivity index (χ1n) is 5.94. The van der Waals surface area contributed by atoms with Crippen LogP contribution in [0.2, 0.25) is 0 Å². The summed E-state index contributed by atoms with van der Waals surface area (Å²) in [4.78, 5) is 13.2. The van der Waals surface area contributed by atoms with E-state index in [1.165, 1.54) is 0 Å². The fourth-order valence-electron chi connectivity index (χ4n) is 2.46. The molecule has 1 aromatic rings. The first-order valence-corrected chi connectivity index (χ1v) is 5.94. The summed E-state index contributed by atoms with van der Waals surface area (Å²) < 4.78 is 0. The molecule has 1 aromatic carbocycles. The first-order chi connectivity index (χ1) is 7.99. The quantitative estimate of drug-likeness (QED) is 0.750. The van der Waals surface area contributed by atoms with Crippen molar-refractivity contribution in [3.63, 3.8) is 0 Å². The number of nitrogen functional groups attached to an aromatic ring is 1. The molecule has 0 saturated heterocycles. The highest BCUT2D eigenvalue weighted by atomic mass is 16.2. The minimum Gasteiger partial charge on any atom is -0.397 e. The number of rotatable bonds is 2.